The van der Waals surface area contributed by atoms with Gasteiger partial charge in [0, 0.05) is 110 Å². The van der Waals surface area contributed by atoms with E-state index in [1.54, 1.807) is 48.5 Å². The summed E-state index contributed by atoms with van der Waals surface area (Å²) >= 11 is 11.3. The third kappa shape index (κ3) is 40.6. The first-order valence-corrected chi connectivity index (χ1v) is 29.5. The molecule has 537 valence electrons. The summed E-state index contributed by atoms with van der Waals surface area (Å²) in [6.07, 6.45) is 2.76. The van der Waals surface area contributed by atoms with Crippen molar-refractivity contribution < 1.29 is 194 Å². The first-order valence-electron chi connectivity index (χ1n) is 28.7. The fourth-order valence-corrected chi connectivity index (χ4v) is 10.5. The van der Waals surface area contributed by atoms with Gasteiger partial charge in [0.25, 0.3) is 0 Å². The number of primary amides is 1. The maximum Gasteiger partial charge on any atom is 3.00 e. The maximum absolute atomic E-state index is 13.5. The van der Waals surface area contributed by atoms with Crippen molar-refractivity contribution >= 4 is 112 Å². The van der Waals surface area contributed by atoms with Gasteiger partial charge in [-0.05, 0) is 86.0 Å². The predicted octanol–water partition coefficient (Wildman–Crippen LogP) is -3.54. The number of aliphatic carboxylic acids is 10. The Morgan fingerprint density at radius 1 is 0.500 bits per heavy atom. The van der Waals surface area contributed by atoms with Crippen molar-refractivity contribution in [1.82, 2.24) is 50.7 Å². The first-order chi connectivity index (χ1) is 43.3. The minimum absolute atomic E-state index is 0. The summed E-state index contributed by atoms with van der Waals surface area (Å²) in [5, 5.41) is 111. The molecule has 19 N–H and O–H groups in total. The Balaban J connectivity index is 0. The van der Waals surface area contributed by atoms with Crippen LogP contribution in [0, 0.1) is 87.3 Å². The Hall–Kier alpha value is -6.01. The second-order valence-corrected chi connectivity index (χ2v) is 22.8. The molecule has 1 fully saturated rings. The minimum Gasteiger partial charge on any atom is -0.480 e. The number of hydrogen-bond donors (Lipinski definition) is 16. The molecule has 0 saturated heterocycles. The van der Waals surface area contributed by atoms with E-state index >= 15 is 0 Å². The zero-order valence-corrected chi connectivity index (χ0v) is 58.6. The summed E-state index contributed by atoms with van der Waals surface area (Å²) in [7, 11) is 0. The second kappa shape index (κ2) is 47.9. The molecule has 1 aliphatic carbocycles. The number of carboxylic acids is 10. The summed E-state index contributed by atoms with van der Waals surface area (Å²) in [6, 6.07) is 10.9. The van der Waals surface area contributed by atoms with Crippen LogP contribution in [0.3, 0.4) is 0 Å². The molecule has 1 radical (unpaired) electrons. The third-order valence-corrected chi connectivity index (χ3v) is 14.5. The van der Waals surface area contributed by atoms with Crippen LogP contribution in [-0.2, 0) is 76.8 Å². The van der Waals surface area contributed by atoms with E-state index < -0.39 is 167 Å². The monoisotopic (exact) mass is 1690 g/mol. The van der Waals surface area contributed by atoms with Crippen LogP contribution in [0.5, 0.6) is 0 Å². The number of carboxylic acid groups (broad SMARTS) is 10. The summed E-state index contributed by atoms with van der Waals surface area (Å²) < 4.78 is 0. The third-order valence-electron chi connectivity index (χ3n) is 14.0. The van der Waals surface area contributed by atoms with Gasteiger partial charge < -0.3 is 91.0 Å². The molecule has 0 aliphatic heterocycles. The van der Waals surface area contributed by atoms with E-state index in [4.69, 9.17) is 30.2 Å². The Kier molecular flexibility index (Phi) is 45.9. The van der Waals surface area contributed by atoms with E-state index in [1.165, 1.54) is 9.80 Å². The van der Waals surface area contributed by atoms with Crippen molar-refractivity contribution in [3.63, 3.8) is 0 Å². The smallest absolute Gasteiger partial charge is 0.480 e. The molecule has 1 saturated carbocycles. The van der Waals surface area contributed by atoms with Crippen LogP contribution in [0.25, 0.3) is 0 Å². The largest absolute Gasteiger partial charge is 3.00 e. The maximum atomic E-state index is 13.5. The fourth-order valence-electron chi connectivity index (χ4n) is 9.87. The molecule has 39 heteroatoms. The molecule has 0 bridgehead atoms. The zero-order valence-electron chi connectivity index (χ0n) is 52.4. The average Bonchev–Trinajstić information content (AvgIpc) is 1.64. The second-order valence-electron chi connectivity index (χ2n) is 21.9. The van der Waals surface area contributed by atoms with E-state index in [0.29, 0.717) is 66.9 Å². The van der Waals surface area contributed by atoms with Crippen LogP contribution in [0.2, 0.25) is 0 Å². The molecule has 3 rings (SSSR count). The Morgan fingerprint density at radius 3 is 1.20 bits per heavy atom. The first kappa shape index (κ1) is 92.0. The van der Waals surface area contributed by atoms with Crippen LogP contribution in [-0.4, -0.2) is 309 Å². The van der Waals surface area contributed by atoms with Gasteiger partial charge in [-0.15, -0.1) is 0 Å². The number of carbonyl (C=O) groups excluding carboxylic acids is 2. The standard InChI is InChI=1S/C56H80N12O22S2.CH3.2Gd.H2O/c57-42(69)22-59-54(90)41(3-1-2-14-58-43(91)21-37-6-4-35(5-7-37)19-39(67(31-50(82)83)32-51(84)85)23-63(25-44(70)71)15-17-65(27-46(74)75)28-47(76)77)61-56(12-13-56)62-55(92)60-38-10-8-36(9-11-38)20-40(68(33-52(86)87)34-53(88)89)24-64(26-45(72)73)16-18-66(29-48(78)79)30-49(80)81;;;;/h4-11,39-41,61H,1-3,12-34H2,(H2,57,69)(H,58,91)(H,59,90)(H,70,71)(H,72,73)(H,74,75)(H,76,77)(H,78,79)(H,80,81)(H,82,83)(H,84,85)(H,86,87)(H,88,89)(H2,60,62,92);1H3;;;1H2/q;-1;;+3;/t39-,40?,41?;;;;/m0..../s1. The van der Waals surface area contributed by atoms with Crippen molar-refractivity contribution in [3.05, 3.63) is 72.6 Å². The van der Waals surface area contributed by atoms with Gasteiger partial charge in [-0.1, -0.05) is 48.6 Å². The molecule has 0 aromatic heterocycles. The molecule has 3 atom stereocenters. The van der Waals surface area contributed by atoms with Gasteiger partial charge in [0.05, 0.1) is 88.7 Å². The molecule has 1 aliphatic rings. The van der Waals surface area contributed by atoms with E-state index in [0.717, 1.165) is 25.2 Å². The van der Waals surface area contributed by atoms with Crippen LogP contribution in [0.4, 0.5) is 5.69 Å². The molecular formula is C57H85Gd2N12O23S2+2. The summed E-state index contributed by atoms with van der Waals surface area (Å²) in [5.74, 6) is -14.6. The molecule has 2 aromatic rings. The topological polar surface area (TPSA) is 544 Å². The molecule has 2 unspecified atom stereocenters. The number of thiocarbonyl (C=S) groups is 2. The van der Waals surface area contributed by atoms with Gasteiger partial charge >= 0.3 is 99.6 Å². The van der Waals surface area contributed by atoms with Crippen molar-refractivity contribution in [3.8, 4) is 0 Å². The summed E-state index contributed by atoms with van der Waals surface area (Å²) in [5.41, 5.74) is 6.93. The zero-order chi connectivity index (χ0) is 68.7. The molecular weight excluding hydrogens is 1600 g/mol. The van der Waals surface area contributed by atoms with E-state index in [9.17, 15) is 109 Å². The van der Waals surface area contributed by atoms with E-state index in [1.807, 2.05) is 0 Å². The number of nitrogens with zero attached hydrogens (tertiary/aromatic N) is 6. The summed E-state index contributed by atoms with van der Waals surface area (Å²) in [6.45, 7) is -7.91. The van der Waals surface area contributed by atoms with Gasteiger partial charge in [-0.2, -0.15) is 0 Å². The Bertz CT molecular complexity index is 2860. The van der Waals surface area contributed by atoms with Crippen molar-refractivity contribution in [2.24, 2.45) is 5.73 Å². The fraction of sp³-hybridized carbons (Fsp3) is 0.526. The van der Waals surface area contributed by atoms with Crippen molar-refractivity contribution in [1.29, 1.82) is 0 Å². The van der Waals surface area contributed by atoms with Gasteiger partial charge in [-0.3, -0.25) is 92.3 Å². The number of nitrogens with two attached hydrogens (primary N) is 1. The molecule has 0 heterocycles. The number of amides is 2. The van der Waals surface area contributed by atoms with E-state index in [2.05, 4.69) is 26.6 Å². The van der Waals surface area contributed by atoms with Crippen LogP contribution in [0.15, 0.2) is 48.5 Å². The number of benzene rings is 2. The van der Waals surface area contributed by atoms with Gasteiger partial charge in [0.15, 0.2) is 5.11 Å². The molecule has 96 heavy (non-hydrogen) atoms. The molecule has 2 amide bonds. The number of rotatable bonds is 50. The van der Waals surface area contributed by atoms with E-state index in [-0.39, 0.29) is 150 Å². The van der Waals surface area contributed by atoms with Crippen LogP contribution >= 0.6 is 24.4 Å². The molecule has 35 nitrogen and oxygen atoms in total. The number of carbonyl (C=O) groups is 12. The van der Waals surface area contributed by atoms with Gasteiger partial charge in [-0.25, -0.2) is 0 Å². The Labute approximate surface area is 627 Å². The number of anilines is 1. The summed E-state index contributed by atoms with van der Waals surface area (Å²) in [4.78, 5) is 150. The number of hydrogen-bond acceptors (Lipinski definition) is 21. The predicted molar refractivity (Wildman–Crippen MR) is 342 cm³/mol. The molecule has 2 aromatic carbocycles. The SMILES string of the molecule is NC(=O)CNC(=O)C(CCCCNC(=S)Cc1ccc(C[C@@H](CN(CCN(CC(=O)O)CC(=O)O)CC(=O)O)N(CC(=O)O)CC(=O)O)cc1)NC1(NC(=S)Nc2ccc(CC(CN(CCN(CC(=O)O)CC(=O)O)CC(=O)O)N(CC(=O)O)CC(=O)O)cc2)CC1.O.[CH3-].[Gd+3].[Gd]. The Morgan fingerprint density at radius 2 is 0.844 bits per heavy atom. The number of unbranched alkanes of at least 4 members (excludes halogenated alkanes) is 1. The average molecular weight is 1690 g/mol. The van der Waals surface area contributed by atoms with Crippen molar-refractivity contribution in [2.45, 2.75) is 75.2 Å². The van der Waals surface area contributed by atoms with Gasteiger partial charge in [0.1, 0.15) is 0 Å². The minimum atomic E-state index is -1.36. The normalized spacial score (nSPS) is 12.9. The van der Waals surface area contributed by atoms with Crippen molar-refractivity contribution in [2.75, 3.05) is 123 Å². The van der Waals surface area contributed by atoms with Crippen LogP contribution in [0.1, 0.15) is 48.8 Å². The quantitative estimate of drug-likeness (QED) is 0.0132. The molecule has 0 spiro atoms. The van der Waals surface area contributed by atoms with Crippen LogP contribution < -0.4 is 32.3 Å². The number of nitrogens with one attached hydrogen (secondary N) is 5. The van der Waals surface area contributed by atoms with Gasteiger partial charge in [0.2, 0.25) is 11.8 Å².